The highest BCUT2D eigenvalue weighted by Gasteiger charge is 2.36. The van der Waals surface area contributed by atoms with Crippen molar-refractivity contribution in [3.8, 4) is 0 Å². The lowest BCUT2D eigenvalue weighted by Crippen LogP contribution is -2.43. The summed E-state index contributed by atoms with van der Waals surface area (Å²) in [7, 11) is 0. The first-order valence-corrected chi connectivity index (χ1v) is 7.32. The van der Waals surface area contributed by atoms with E-state index < -0.39 is 18.0 Å². The van der Waals surface area contributed by atoms with Crippen molar-refractivity contribution >= 4 is 28.3 Å². The minimum Gasteiger partial charge on any atom is -0.458 e. The van der Waals surface area contributed by atoms with Gasteiger partial charge in [-0.3, -0.25) is 0 Å². The Kier molecular flexibility index (Phi) is 2.96. The molecule has 4 heteroatoms. The second kappa shape index (κ2) is 4.98. The third-order valence-corrected chi connectivity index (χ3v) is 4.13. The van der Waals surface area contributed by atoms with Crippen LogP contribution in [-0.4, -0.2) is 24.6 Å². The number of fused-ring (bicyclic) bond motifs is 2. The number of allylic oxidation sites excluding steroid dienone is 1. The number of carbonyl (C=O) groups is 2. The average molecular weight is 294 g/mol. The molecule has 1 fully saturated rings. The summed E-state index contributed by atoms with van der Waals surface area (Å²) in [5, 5.41) is 2.25. The van der Waals surface area contributed by atoms with Crippen LogP contribution < -0.4 is 0 Å². The lowest BCUT2D eigenvalue weighted by atomic mass is 9.88. The first-order chi connectivity index (χ1) is 10.7. The number of aryl methyl sites for hydroxylation is 1. The molecule has 1 unspecified atom stereocenters. The van der Waals surface area contributed by atoms with Crippen LogP contribution in [0.5, 0.6) is 0 Å². The highest BCUT2D eigenvalue weighted by molar-refractivity contribution is 6.18. The molecule has 1 saturated heterocycles. The molecule has 0 aromatic heterocycles. The topological polar surface area (TPSA) is 52.6 Å². The number of cyclic esters (lactones) is 1. The van der Waals surface area contributed by atoms with Crippen molar-refractivity contribution in [3.05, 3.63) is 53.6 Å². The van der Waals surface area contributed by atoms with Crippen molar-refractivity contribution in [1.82, 2.24) is 0 Å². The van der Waals surface area contributed by atoms with Gasteiger partial charge in [0, 0.05) is 0 Å². The maximum Gasteiger partial charge on any atom is 0.351 e. The first kappa shape index (κ1) is 13.1. The molecule has 22 heavy (non-hydrogen) atoms. The summed E-state index contributed by atoms with van der Waals surface area (Å²) >= 11 is 0. The minimum absolute atomic E-state index is 0.155. The Morgan fingerprint density at radius 3 is 2.64 bits per heavy atom. The fourth-order valence-electron chi connectivity index (χ4n) is 2.91. The molecular weight excluding hydrogens is 280 g/mol. The van der Waals surface area contributed by atoms with Crippen LogP contribution in [0, 0.1) is 0 Å². The Morgan fingerprint density at radius 1 is 1.18 bits per heavy atom. The van der Waals surface area contributed by atoms with Crippen molar-refractivity contribution in [2.45, 2.75) is 18.9 Å². The quantitative estimate of drug-likeness (QED) is 0.799. The third-order valence-electron chi connectivity index (χ3n) is 4.13. The number of benzene rings is 2. The molecule has 2 aromatic carbocycles. The standard InChI is InChI=1S/C18H14O4/c19-17(22-16-10-21-18(16)20)14-7-3-6-13-8-11-4-1-2-5-12(11)9-15(13)14/h1-2,4-5,7-9,16H,3,6,10H2. The Morgan fingerprint density at radius 2 is 1.95 bits per heavy atom. The van der Waals surface area contributed by atoms with Crippen molar-refractivity contribution < 1.29 is 19.1 Å². The molecule has 2 aliphatic rings. The molecule has 0 bridgehead atoms. The zero-order valence-electron chi connectivity index (χ0n) is 11.9. The van der Waals surface area contributed by atoms with Gasteiger partial charge in [0.2, 0.25) is 6.10 Å². The summed E-state index contributed by atoms with van der Waals surface area (Å²) < 4.78 is 9.85. The third kappa shape index (κ3) is 2.08. The van der Waals surface area contributed by atoms with Crippen LogP contribution in [-0.2, 0) is 25.5 Å². The maximum atomic E-state index is 12.3. The van der Waals surface area contributed by atoms with E-state index in [2.05, 4.69) is 16.9 Å². The van der Waals surface area contributed by atoms with Crippen molar-refractivity contribution in [2.24, 2.45) is 0 Å². The molecule has 0 radical (unpaired) electrons. The largest absolute Gasteiger partial charge is 0.458 e. The fraction of sp³-hybridized carbons (Fsp3) is 0.222. The van der Waals surface area contributed by atoms with Crippen LogP contribution in [0.2, 0.25) is 0 Å². The van der Waals surface area contributed by atoms with E-state index in [9.17, 15) is 9.59 Å². The van der Waals surface area contributed by atoms with Crippen LogP contribution in [0.3, 0.4) is 0 Å². The molecular formula is C18H14O4. The molecule has 1 aliphatic carbocycles. The minimum atomic E-state index is -0.751. The number of ether oxygens (including phenoxy) is 2. The Hall–Kier alpha value is -2.62. The molecule has 4 rings (SSSR count). The van der Waals surface area contributed by atoms with Gasteiger partial charge in [0.05, 0.1) is 5.57 Å². The summed E-state index contributed by atoms with van der Waals surface area (Å²) in [4.78, 5) is 23.5. The van der Waals surface area contributed by atoms with Crippen LogP contribution in [0.15, 0.2) is 42.5 Å². The number of hydrogen-bond donors (Lipinski definition) is 0. The number of hydrogen-bond acceptors (Lipinski definition) is 4. The lowest BCUT2D eigenvalue weighted by molar-refractivity contribution is -0.189. The molecule has 4 nitrogen and oxygen atoms in total. The van der Waals surface area contributed by atoms with Crippen LogP contribution in [0.1, 0.15) is 17.5 Å². The van der Waals surface area contributed by atoms with Gasteiger partial charge in [-0.05, 0) is 40.8 Å². The van der Waals surface area contributed by atoms with Gasteiger partial charge in [0.1, 0.15) is 6.61 Å². The molecule has 0 N–H and O–H groups in total. The zero-order valence-corrected chi connectivity index (χ0v) is 11.9. The maximum absolute atomic E-state index is 12.3. The van der Waals surface area contributed by atoms with Gasteiger partial charge >= 0.3 is 11.9 Å². The van der Waals surface area contributed by atoms with E-state index in [0.717, 1.165) is 29.4 Å². The summed E-state index contributed by atoms with van der Waals surface area (Å²) in [5.41, 5.74) is 2.60. The SMILES string of the molecule is O=C(OC1COC1=O)C1=CCCc2cc3ccccc3cc21. The van der Waals surface area contributed by atoms with Crippen molar-refractivity contribution in [2.75, 3.05) is 6.61 Å². The zero-order chi connectivity index (χ0) is 15.1. The number of carbonyl (C=O) groups excluding carboxylic acids is 2. The molecule has 1 heterocycles. The average Bonchev–Trinajstić information content (AvgIpc) is 2.55. The van der Waals surface area contributed by atoms with E-state index in [4.69, 9.17) is 4.74 Å². The predicted molar refractivity (Wildman–Crippen MR) is 81.1 cm³/mol. The monoisotopic (exact) mass is 294 g/mol. The van der Waals surface area contributed by atoms with Crippen LogP contribution >= 0.6 is 0 Å². The van der Waals surface area contributed by atoms with Crippen LogP contribution in [0.25, 0.3) is 16.3 Å². The van der Waals surface area contributed by atoms with Crippen molar-refractivity contribution in [3.63, 3.8) is 0 Å². The van der Waals surface area contributed by atoms with E-state index in [1.807, 2.05) is 30.3 Å². The van der Waals surface area contributed by atoms with Gasteiger partial charge in [-0.15, -0.1) is 0 Å². The van der Waals surface area contributed by atoms with E-state index in [1.54, 1.807) is 0 Å². The Balaban J connectivity index is 1.70. The second-order valence-corrected chi connectivity index (χ2v) is 5.54. The Labute approximate surface area is 127 Å². The van der Waals surface area contributed by atoms with Gasteiger partial charge in [-0.2, -0.15) is 0 Å². The number of rotatable bonds is 2. The normalized spacial score (nSPS) is 19.7. The van der Waals surface area contributed by atoms with E-state index in [-0.39, 0.29) is 6.61 Å². The fourth-order valence-corrected chi connectivity index (χ4v) is 2.91. The Bertz CT molecular complexity index is 819. The smallest absolute Gasteiger partial charge is 0.351 e. The van der Waals surface area contributed by atoms with E-state index in [0.29, 0.717) is 5.57 Å². The molecule has 0 spiro atoms. The van der Waals surface area contributed by atoms with Gasteiger partial charge in [0.25, 0.3) is 0 Å². The molecule has 1 aliphatic heterocycles. The van der Waals surface area contributed by atoms with Gasteiger partial charge in [-0.25, -0.2) is 9.59 Å². The summed E-state index contributed by atoms with van der Waals surface area (Å²) in [5.74, 6) is -0.915. The van der Waals surface area contributed by atoms with Gasteiger partial charge < -0.3 is 9.47 Å². The summed E-state index contributed by atoms with van der Waals surface area (Å²) in [6, 6.07) is 12.2. The predicted octanol–water partition coefficient (Wildman–Crippen LogP) is 2.64. The van der Waals surface area contributed by atoms with E-state index in [1.165, 1.54) is 5.39 Å². The van der Waals surface area contributed by atoms with Crippen LogP contribution in [0.4, 0.5) is 0 Å². The second-order valence-electron chi connectivity index (χ2n) is 5.54. The highest BCUT2D eigenvalue weighted by Crippen LogP contribution is 2.31. The van der Waals surface area contributed by atoms with Gasteiger partial charge in [0.15, 0.2) is 0 Å². The van der Waals surface area contributed by atoms with E-state index >= 15 is 0 Å². The molecule has 0 amide bonds. The first-order valence-electron chi connectivity index (χ1n) is 7.32. The molecule has 2 aromatic rings. The summed E-state index contributed by atoms with van der Waals surface area (Å²) in [6.07, 6.45) is 2.84. The highest BCUT2D eigenvalue weighted by atomic mass is 16.6. The number of esters is 2. The molecule has 1 atom stereocenters. The lowest BCUT2D eigenvalue weighted by Gasteiger charge is -2.25. The molecule has 0 saturated carbocycles. The molecule has 110 valence electrons. The van der Waals surface area contributed by atoms with Crippen molar-refractivity contribution in [1.29, 1.82) is 0 Å². The van der Waals surface area contributed by atoms with Gasteiger partial charge in [-0.1, -0.05) is 36.4 Å². The summed E-state index contributed by atoms with van der Waals surface area (Å²) in [6.45, 7) is 0.155.